The van der Waals surface area contributed by atoms with Crippen molar-refractivity contribution in [3.63, 3.8) is 0 Å². The summed E-state index contributed by atoms with van der Waals surface area (Å²) >= 11 is 0. The fourth-order valence-electron chi connectivity index (χ4n) is 3.86. The summed E-state index contributed by atoms with van der Waals surface area (Å²) in [5, 5.41) is 7.32. The van der Waals surface area contributed by atoms with E-state index >= 15 is 0 Å². The number of amides is 1. The van der Waals surface area contributed by atoms with Crippen molar-refractivity contribution < 1.29 is 4.79 Å². The summed E-state index contributed by atoms with van der Waals surface area (Å²) in [5.41, 5.74) is 1.85. The first kappa shape index (κ1) is 20.9. The Bertz CT molecular complexity index is 1130. The van der Waals surface area contributed by atoms with Gasteiger partial charge in [-0.3, -0.25) is 19.6 Å². The number of piperidine rings is 1. The van der Waals surface area contributed by atoms with Crippen LogP contribution in [0.15, 0.2) is 41.7 Å². The molecule has 1 N–H and O–H groups in total. The number of carbonyl (C=O) groups is 1. The number of hydrogen-bond donors (Lipinski definition) is 1. The second-order valence-electron chi connectivity index (χ2n) is 8.11. The smallest absolute Gasteiger partial charge is 0.264 e. The number of hydrogen-bond acceptors (Lipinski definition) is 6. The summed E-state index contributed by atoms with van der Waals surface area (Å²) in [4.78, 5) is 37.0. The molecular formula is C22H27N7O2. The zero-order chi connectivity index (χ0) is 22.0. The lowest BCUT2D eigenvalue weighted by molar-refractivity contribution is 0.102. The Hall–Kier alpha value is -3.33. The lowest BCUT2D eigenvalue weighted by atomic mass is 10.1. The van der Waals surface area contributed by atoms with Gasteiger partial charge in [0.15, 0.2) is 0 Å². The number of anilines is 1. The van der Waals surface area contributed by atoms with Gasteiger partial charge in [-0.2, -0.15) is 5.10 Å². The Morgan fingerprint density at radius 3 is 2.65 bits per heavy atom. The summed E-state index contributed by atoms with van der Waals surface area (Å²) in [6.45, 7) is 5.85. The van der Waals surface area contributed by atoms with Gasteiger partial charge in [-0.05, 0) is 58.5 Å². The number of aromatic nitrogens is 5. The molecule has 1 aliphatic heterocycles. The van der Waals surface area contributed by atoms with Crippen molar-refractivity contribution in [2.24, 2.45) is 0 Å². The van der Waals surface area contributed by atoms with Crippen molar-refractivity contribution in [3.8, 4) is 0 Å². The third-order valence-corrected chi connectivity index (χ3v) is 5.71. The molecule has 1 amide bonds. The van der Waals surface area contributed by atoms with E-state index in [1.807, 2.05) is 11.6 Å². The Labute approximate surface area is 180 Å². The maximum absolute atomic E-state index is 13.1. The highest BCUT2D eigenvalue weighted by molar-refractivity contribution is 6.04. The van der Waals surface area contributed by atoms with E-state index in [1.54, 1.807) is 43.8 Å². The third kappa shape index (κ3) is 4.56. The van der Waals surface area contributed by atoms with E-state index in [0.717, 1.165) is 31.6 Å². The normalized spacial score (nSPS) is 15.2. The molecule has 0 aliphatic carbocycles. The van der Waals surface area contributed by atoms with Gasteiger partial charge in [-0.1, -0.05) is 0 Å². The van der Waals surface area contributed by atoms with Crippen molar-refractivity contribution in [1.29, 1.82) is 0 Å². The predicted molar refractivity (Wildman–Crippen MR) is 117 cm³/mol. The summed E-state index contributed by atoms with van der Waals surface area (Å²) in [6, 6.07) is 3.77. The Morgan fingerprint density at radius 2 is 1.94 bits per heavy atom. The van der Waals surface area contributed by atoms with E-state index in [0.29, 0.717) is 17.1 Å². The summed E-state index contributed by atoms with van der Waals surface area (Å²) in [7, 11) is 2.10. The average Bonchev–Trinajstić information content (AvgIpc) is 3.20. The Kier molecular flexibility index (Phi) is 5.94. The van der Waals surface area contributed by atoms with E-state index in [-0.39, 0.29) is 23.7 Å². The second kappa shape index (κ2) is 8.81. The number of nitrogens with one attached hydrogen (secondary N) is 1. The van der Waals surface area contributed by atoms with Gasteiger partial charge in [0, 0.05) is 18.5 Å². The molecule has 0 atom stereocenters. The van der Waals surface area contributed by atoms with Crippen LogP contribution in [0.5, 0.6) is 0 Å². The fourth-order valence-corrected chi connectivity index (χ4v) is 3.86. The van der Waals surface area contributed by atoms with Gasteiger partial charge >= 0.3 is 0 Å². The lowest BCUT2D eigenvalue weighted by Gasteiger charge is -2.30. The minimum Gasteiger partial charge on any atom is -0.309 e. The minimum atomic E-state index is -0.429. The molecule has 0 unspecified atom stereocenters. The van der Waals surface area contributed by atoms with Crippen LogP contribution in [0.25, 0.3) is 0 Å². The van der Waals surface area contributed by atoms with Crippen LogP contribution in [0.2, 0.25) is 0 Å². The van der Waals surface area contributed by atoms with Crippen molar-refractivity contribution in [1.82, 2.24) is 29.2 Å². The molecule has 0 spiro atoms. The molecule has 9 nitrogen and oxygen atoms in total. The molecule has 1 saturated heterocycles. The van der Waals surface area contributed by atoms with Crippen LogP contribution >= 0.6 is 0 Å². The number of nitrogens with zero attached hydrogens (tertiary/aromatic N) is 6. The van der Waals surface area contributed by atoms with Crippen LogP contribution in [0.1, 0.15) is 46.2 Å². The number of carbonyl (C=O) groups excluding carboxylic acids is 1. The van der Waals surface area contributed by atoms with Gasteiger partial charge in [0.1, 0.15) is 11.4 Å². The molecule has 0 saturated carbocycles. The quantitative estimate of drug-likeness (QED) is 0.677. The molecule has 3 aromatic heterocycles. The highest BCUT2D eigenvalue weighted by atomic mass is 16.2. The first-order valence-electron chi connectivity index (χ1n) is 10.4. The van der Waals surface area contributed by atoms with Gasteiger partial charge in [0.05, 0.1) is 36.4 Å². The first-order valence-corrected chi connectivity index (χ1v) is 10.4. The zero-order valence-electron chi connectivity index (χ0n) is 18.1. The molecule has 0 aromatic carbocycles. The molecule has 162 valence electrons. The summed E-state index contributed by atoms with van der Waals surface area (Å²) in [6.07, 6.45) is 8.60. The Morgan fingerprint density at radius 1 is 1.16 bits per heavy atom. The van der Waals surface area contributed by atoms with Crippen molar-refractivity contribution in [2.75, 3.05) is 25.5 Å². The van der Waals surface area contributed by atoms with Crippen molar-refractivity contribution in [3.05, 3.63) is 69.8 Å². The van der Waals surface area contributed by atoms with Crippen LogP contribution in [0.4, 0.5) is 5.82 Å². The number of pyridine rings is 1. The minimum absolute atomic E-state index is 0.124. The molecule has 0 radical (unpaired) electrons. The number of rotatable bonds is 5. The van der Waals surface area contributed by atoms with Crippen LogP contribution in [0.3, 0.4) is 0 Å². The van der Waals surface area contributed by atoms with E-state index in [2.05, 4.69) is 32.3 Å². The third-order valence-electron chi connectivity index (χ3n) is 5.71. The fraction of sp³-hybridized carbons (Fsp3) is 0.409. The molecule has 31 heavy (non-hydrogen) atoms. The molecule has 4 heterocycles. The Balaban J connectivity index is 1.56. The average molecular weight is 422 g/mol. The summed E-state index contributed by atoms with van der Waals surface area (Å²) < 4.78 is 3.35. The molecule has 0 bridgehead atoms. The zero-order valence-corrected chi connectivity index (χ0v) is 18.1. The van der Waals surface area contributed by atoms with Crippen molar-refractivity contribution >= 4 is 11.7 Å². The van der Waals surface area contributed by atoms with Gasteiger partial charge < -0.3 is 14.8 Å². The molecule has 3 aromatic rings. The van der Waals surface area contributed by atoms with E-state index in [9.17, 15) is 9.59 Å². The topological polar surface area (TPSA) is 97.9 Å². The maximum Gasteiger partial charge on any atom is 0.264 e. The van der Waals surface area contributed by atoms with Crippen LogP contribution in [-0.4, -0.2) is 55.3 Å². The maximum atomic E-state index is 13.1. The molecule has 1 fully saturated rings. The first-order chi connectivity index (χ1) is 14.9. The van der Waals surface area contributed by atoms with Gasteiger partial charge in [-0.15, -0.1) is 0 Å². The van der Waals surface area contributed by atoms with Gasteiger partial charge in [-0.25, -0.2) is 4.68 Å². The monoisotopic (exact) mass is 421 g/mol. The van der Waals surface area contributed by atoms with Gasteiger partial charge in [0.25, 0.3) is 11.5 Å². The number of aryl methyl sites for hydroxylation is 2. The molecule has 4 rings (SSSR count). The predicted octanol–water partition coefficient (Wildman–Crippen LogP) is 2.02. The van der Waals surface area contributed by atoms with Crippen molar-refractivity contribution in [2.45, 2.75) is 39.3 Å². The molecular weight excluding hydrogens is 394 g/mol. The highest BCUT2D eigenvalue weighted by Gasteiger charge is 2.23. The second-order valence-corrected chi connectivity index (χ2v) is 8.11. The highest BCUT2D eigenvalue weighted by Crippen LogP contribution is 2.25. The van der Waals surface area contributed by atoms with Gasteiger partial charge in [0.2, 0.25) is 0 Å². The van der Waals surface area contributed by atoms with Crippen LogP contribution < -0.4 is 10.9 Å². The summed E-state index contributed by atoms with van der Waals surface area (Å²) in [5.74, 6) is 0.180. The number of likely N-dealkylation sites (tertiary alicyclic amines) is 1. The molecule has 9 heteroatoms. The van der Waals surface area contributed by atoms with Crippen LogP contribution in [0, 0.1) is 13.8 Å². The largest absolute Gasteiger partial charge is 0.309 e. The standard InChI is InChI=1S/C22H27N7O2/c1-15-5-11-28(14-17-13-23-16(2)12-24-17)22(31)20(15)21(30)26-19-4-8-25-29(19)18-6-9-27(3)10-7-18/h4-5,8,11-13,18H,6-7,9-10,14H2,1-3H3,(H,26,30). The molecule has 1 aliphatic rings. The van der Waals surface area contributed by atoms with E-state index in [1.165, 1.54) is 4.57 Å². The van der Waals surface area contributed by atoms with E-state index < -0.39 is 5.91 Å². The lowest BCUT2D eigenvalue weighted by Crippen LogP contribution is -2.33. The van der Waals surface area contributed by atoms with Crippen LogP contribution in [-0.2, 0) is 6.54 Å². The SMILES string of the molecule is Cc1cnc(Cn2ccc(C)c(C(=O)Nc3ccnn3C3CCN(C)CC3)c2=O)cn1. The van der Waals surface area contributed by atoms with E-state index in [4.69, 9.17) is 0 Å².